The number of benzene rings is 2. The molecule has 0 fully saturated rings. The second kappa shape index (κ2) is 8.06. The van der Waals surface area contributed by atoms with Gasteiger partial charge in [0.2, 0.25) is 5.91 Å². The van der Waals surface area contributed by atoms with Crippen molar-refractivity contribution in [1.29, 1.82) is 0 Å². The number of nitrogens with one attached hydrogen (secondary N) is 1. The average Bonchev–Trinajstić information content (AvgIpc) is 3.09. The summed E-state index contributed by atoms with van der Waals surface area (Å²) in [5, 5.41) is 7.28. The zero-order valence-corrected chi connectivity index (χ0v) is 17.0. The number of amides is 1. The molecule has 144 valence electrons. The van der Waals surface area contributed by atoms with Gasteiger partial charge in [0.1, 0.15) is 19.0 Å². The number of hydrogen-bond donors (Lipinski definition) is 1. The molecule has 3 aromatic rings. The molecule has 28 heavy (non-hydrogen) atoms. The van der Waals surface area contributed by atoms with Crippen LogP contribution in [0.2, 0.25) is 0 Å². The van der Waals surface area contributed by atoms with Gasteiger partial charge in [-0.15, -0.1) is 0 Å². The van der Waals surface area contributed by atoms with Crippen LogP contribution in [-0.4, -0.2) is 28.9 Å². The second-order valence-corrected chi connectivity index (χ2v) is 7.53. The summed E-state index contributed by atoms with van der Waals surface area (Å²) in [4.78, 5) is 12.6. The number of ether oxygens (including phenoxy) is 2. The van der Waals surface area contributed by atoms with Crippen LogP contribution < -0.4 is 14.8 Å². The van der Waals surface area contributed by atoms with Crippen molar-refractivity contribution >= 4 is 27.7 Å². The van der Waals surface area contributed by atoms with Gasteiger partial charge in [0.05, 0.1) is 19.2 Å². The molecular formula is C21H20BrN3O3. The third-order valence-electron chi connectivity index (χ3n) is 4.46. The molecule has 1 N–H and O–H groups in total. The molecule has 1 aliphatic heterocycles. The number of aryl methyl sites for hydroxylation is 1. The molecule has 2 aromatic carbocycles. The van der Waals surface area contributed by atoms with Crippen molar-refractivity contribution in [2.45, 2.75) is 19.9 Å². The molecule has 2 heterocycles. The lowest BCUT2D eigenvalue weighted by Gasteiger charge is -2.20. The molecule has 1 aliphatic rings. The lowest BCUT2D eigenvalue weighted by atomic mass is 10.1. The smallest absolute Gasteiger partial charge is 0.229 e. The first-order valence-electron chi connectivity index (χ1n) is 9.04. The number of aromatic nitrogens is 2. The average molecular weight is 442 g/mol. The third kappa shape index (κ3) is 4.20. The number of fused-ring (bicyclic) bond motifs is 1. The van der Waals surface area contributed by atoms with Crippen LogP contribution >= 0.6 is 15.9 Å². The summed E-state index contributed by atoms with van der Waals surface area (Å²) in [7, 11) is 0. The van der Waals surface area contributed by atoms with Crippen LogP contribution in [0.25, 0.3) is 0 Å². The van der Waals surface area contributed by atoms with Crippen LogP contribution in [0.5, 0.6) is 11.5 Å². The molecule has 0 radical (unpaired) electrons. The van der Waals surface area contributed by atoms with Gasteiger partial charge in [0, 0.05) is 10.5 Å². The molecule has 0 unspecified atom stereocenters. The summed E-state index contributed by atoms with van der Waals surface area (Å²) in [5.74, 6) is 1.91. The molecule has 1 amide bonds. The monoisotopic (exact) mass is 441 g/mol. The molecule has 0 bridgehead atoms. The third-order valence-corrected chi connectivity index (χ3v) is 5.20. The summed E-state index contributed by atoms with van der Waals surface area (Å²) in [5.41, 5.74) is 3.17. The van der Waals surface area contributed by atoms with Gasteiger partial charge < -0.3 is 14.8 Å². The predicted molar refractivity (Wildman–Crippen MR) is 110 cm³/mol. The first-order valence-corrected chi connectivity index (χ1v) is 9.83. The Balaban J connectivity index is 1.46. The van der Waals surface area contributed by atoms with E-state index in [0.29, 0.717) is 37.1 Å². The predicted octanol–water partition coefficient (Wildman–Crippen LogP) is 3.95. The van der Waals surface area contributed by atoms with Crippen LogP contribution in [0.15, 0.2) is 53.1 Å². The number of carbonyl (C=O) groups excluding carboxylic acids is 1. The molecule has 6 nitrogen and oxygen atoms in total. The van der Waals surface area contributed by atoms with Crippen LogP contribution in [0.3, 0.4) is 0 Å². The minimum atomic E-state index is -0.122. The highest BCUT2D eigenvalue weighted by atomic mass is 79.9. The lowest BCUT2D eigenvalue weighted by molar-refractivity contribution is -0.115. The van der Waals surface area contributed by atoms with Crippen LogP contribution in [-0.2, 0) is 17.8 Å². The van der Waals surface area contributed by atoms with Crippen LogP contribution in [0, 0.1) is 6.92 Å². The molecule has 7 heteroatoms. The number of anilines is 1. The number of nitrogens with zero attached hydrogens (tertiary/aromatic N) is 2. The fraction of sp³-hybridized carbons (Fsp3) is 0.238. The topological polar surface area (TPSA) is 65.4 Å². The maximum Gasteiger partial charge on any atom is 0.229 e. The highest BCUT2D eigenvalue weighted by Gasteiger charge is 2.17. The van der Waals surface area contributed by atoms with Crippen molar-refractivity contribution in [2.24, 2.45) is 0 Å². The standard InChI is InChI=1S/C21H20BrN3O3/c1-14-3-2-4-15(9-14)13-25-20(5-6-23-25)24-21(26)11-16-10-18-19(12-17(16)22)28-8-7-27-18/h2-6,9-10,12H,7-8,11,13H2,1H3,(H,24,26). The second-order valence-electron chi connectivity index (χ2n) is 6.68. The Morgan fingerprint density at radius 3 is 2.75 bits per heavy atom. The van der Waals surface area contributed by atoms with Crippen LogP contribution in [0.4, 0.5) is 5.82 Å². The normalized spacial score (nSPS) is 12.6. The van der Waals surface area contributed by atoms with Crippen LogP contribution in [0.1, 0.15) is 16.7 Å². The van der Waals surface area contributed by atoms with E-state index in [2.05, 4.69) is 45.4 Å². The Morgan fingerprint density at radius 2 is 1.96 bits per heavy atom. The van der Waals surface area contributed by atoms with Crippen molar-refractivity contribution in [3.05, 3.63) is 69.8 Å². The number of halogens is 1. The van der Waals surface area contributed by atoms with E-state index in [4.69, 9.17) is 9.47 Å². The Bertz CT molecular complexity index is 1020. The summed E-state index contributed by atoms with van der Waals surface area (Å²) >= 11 is 3.51. The van der Waals surface area contributed by atoms with Crippen molar-refractivity contribution < 1.29 is 14.3 Å². The van der Waals surface area contributed by atoms with E-state index in [-0.39, 0.29) is 12.3 Å². The van der Waals surface area contributed by atoms with Crippen molar-refractivity contribution in [1.82, 2.24) is 9.78 Å². The zero-order valence-electron chi connectivity index (χ0n) is 15.4. The van der Waals surface area contributed by atoms with E-state index in [9.17, 15) is 4.79 Å². The number of hydrogen-bond acceptors (Lipinski definition) is 4. The molecule has 0 spiro atoms. The van der Waals surface area contributed by atoms with E-state index in [1.807, 2.05) is 24.3 Å². The van der Waals surface area contributed by atoms with E-state index in [1.54, 1.807) is 16.9 Å². The van der Waals surface area contributed by atoms with Gasteiger partial charge in [-0.25, -0.2) is 4.68 Å². The molecule has 0 atom stereocenters. The molecule has 0 saturated carbocycles. The minimum Gasteiger partial charge on any atom is -0.486 e. The molecule has 0 aliphatic carbocycles. The van der Waals surface area contributed by atoms with E-state index >= 15 is 0 Å². The molecule has 4 rings (SSSR count). The Hall–Kier alpha value is -2.80. The Labute approximate surface area is 171 Å². The molecular weight excluding hydrogens is 422 g/mol. The van der Waals surface area contributed by atoms with E-state index < -0.39 is 0 Å². The van der Waals surface area contributed by atoms with E-state index in [1.165, 1.54) is 5.56 Å². The van der Waals surface area contributed by atoms with Crippen molar-refractivity contribution in [3.8, 4) is 11.5 Å². The van der Waals surface area contributed by atoms with Gasteiger partial charge in [0.25, 0.3) is 0 Å². The maximum absolute atomic E-state index is 12.6. The van der Waals surface area contributed by atoms with Gasteiger partial charge in [-0.05, 0) is 30.2 Å². The Morgan fingerprint density at radius 1 is 1.18 bits per heavy atom. The van der Waals surface area contributed by atoms with Crippen molar-refractivity contribution in [2.75, 3.05) is 18.5 Å². The summed E-state index contributed by atoms with van der Waals surface area (Å²) in [6.45, 7) is 3.70. The summed E-state index contributed by atoms with van der Waals surface area (Å²) in [6.07, 6.45) is 1.90. The largest absolute Gasteiger partial charge is 0.486 e. The zero-order chi connectivity index (χ0) is 19.5. The number of rotatable bonds is 5. The highest BCUT2D eigenvalue weighted by molar-refractivity contribution is 9.10. The Kier molecular flexibility index (Phi) is 5.34. The van der Waals surface area contributed by atoms with Gasteiger partial charge in [-0.3, -0.25) is 4.79 Å². The summed E-state index contributed by atoms with van der Waals surface area (Å²) in [6, 6.07) is 13.7. The van der Waals surface area contributed by atoms with Gasteiger partial charge >= 0.3 is 0 Å². The van der Waals surface area contributed by atoms with Crippen molar-refractivity contribution in [3.63, 3.8) is 0 Å². The van der Waals surface area contributed by atoms with Gasteiger partial charge in [-0.2, -0.15) is 5.10 Å². The quantitative estimate of drug-likeness (QED) is 0.650. The van der Waals surface area contributed by atoms with E-state index in [0.717, 1.165) is 15.6 Å². The fourth-order valence-electron chi connectivity index (χ4n) is 3.15. The highest BCUT2D eigenvalue weighted by Crippen LogP contribution is 2.35. The first kappa shape index (κ1) is 18.6. The van der Waals surface area contributed by atoms with Gasteiger partial charge in [-0.1, -0.05) is 45.8 Å². The fourth-order valence-corrected chi connectivity index (χ4v) is 3.61. The SMILES string of the molecule is Cc1cccc(Cn2nccc2NC(=O)Cc2cc3c(cc2Br)OCCO3)c1. The summed E-state index contributed by atoms with van der Waals surface area (Å²) < 4.78 is 13.8. The minimum absolute atomic E-state index is 0.122. The lowest BCUT2D eigenvalue weighted by Crippen LogP contribution is -2.19. The first-order chi connectivity index (χ1) is 13.6. The molecule has 0 saturated heterocycles. The van der Waals surface area contributed by atoms with Gasteiger partial charge in [0.15, 0.2) is 11.5 Å². The maximum atomic E-state index is 12.6. The number of carbonyl (C=O) groups is 1. The molecule has 1 aromatic heterocycles.